The largest absolute Gasteiger partial charge is 0.359 e. The fourth-order valence-electron chi connectivity index (χ4n) is 1.36. The van der Waals surface area contributed by atoms with E-state index in [4.69, 9.17) is 16.1 Å². The third kappa shape index (κ3) is 2.18. The standard InChI is InChI=1S/C9H11ClN4O/c1-2-3-8-12-13-9(10)14(8)6-7-4-5-11-15-7/h4-5H,2-3,6H2,1H3. The highest BCUT2D eigenvalue weighted by Crippen LogP contribution is 2.12. The van der Waals surface area contributed by atoms with Gasteiger partial charge in [0.1, 0.15) is 5.82 Å². The lowest BCUT2D eigenvalue weighted by molar-refractivity contribution is 0.374. The van der Waals surface area contributed by atoms with Crippen molar-refractivity contribution in [3.05, 3.63) is 29.1 Å². The van der Waals surface area contributed by atoms with E-state index >= 15 is 0 Å². The van der Waals surface area contributed by atoms with E-state index in [-0.39, 0.29) is 0 Å². The molecule has 0 bridgehead atoms. The predicted octanol–water partition coefficient (Wildman–Crippen LogP) is 1.92. The van der Waals surface area contributed by atoms with Gasteiger partial charge in [0.25, 0.3) is 0 Å². The van der Waals surface area contributed by atoms with Crippen LogP contribution in [0.15, 0.2) is 16.8 Å². The fraction of sp³-hybridized carbons (Fsp3) is 0.444. The normalized spacial score (nSPS) is 10.8. The number of aryl methyl sites for hydroxylation is 1. The van der Waals surface area contributed by atoms with Crippen molar-refractivity contribution in [1.29, 1.82) is 0 Å². The van der Waals surface area contributed by atoms with Gasteiger partial charge in [0.05, 0.1) is 12.7 Å². The highest BCUT2D eigenvalue weighted by Gasteiger charge is 2.11. The minimum absolute atomic E-state index is 0.384. The average molecular weight is 227 g/mol. The van der Waals surface area contributed by atoms with Gasteiger partial charge in [-0.15, -0.1) is 10.2 Å². The molecule has 2 aromatic heterocycles. The highest BCUT2D eigenvalue weighted by molar-refractivity contribution is 6.28. The molecule has 0 atom stereocenters. The zero-order valence-corrected chi connectivity index (χ0v) is 9.11. The van der Waals surface area contributed by atoms with E-state index in [2.05, 4.69) is 22.3 Å². The maximum absolute atomic E-state index is 5.92. The quantitative estimate of drug-likeness (QED) is 0.799. The first-order chi connectivity index (χ1) is 7.31. The lowest BCUT2D eigenvalue weighted by Gasteiger charge is -2.03. The first-order valence-electron chi connectivity index (χ1n) is 4.78. The summed E-state index contributed by atoms with van der Waals surface area (Å²) < 4.78 is 6.83. The van der Waals surface area contributed by atoms with Crippen molar-refractivity contribution in [3.63, 3.8) is 0 Å². The number of hydrogen-bond donors (Lipinski definition) is 0. The van der Waals surface area contributed by atoms with Crippen molar-refractivity contribution in [2.45, 2.75) is 26.3 Å². The van der Waals surface area contributed by atoms with E-state index in [1.165, 1.54) is 0 Å². The molecule has 15 heavy (non-hydrogen) atoms. The van der Waals surface area contributed by atoms with E-state index in [1.807, 2.05) is 4.57 Å². The number of hydrogen-bond acceptors (Lipinski definition) is 4. The zero-order valence-electron chi connectivity index (χ0n) is 8.35. The van der Waals surface area contributed by atoms with E-state index in [0.29, 0.717) is 11.8 Å². The number of rotatable bonds is 4. The van der Waals surface area contributed by atoms with Gasteiger partial charge >= 0.3 is 0 Å². The summed E-state index contributed by atoms with van der Waals surface area (Å²) in [6.45, 7) is 2.61. The molecule has 0 unspecified atom stereocenters. The molecule has 0 fully saturated rings. The van der Waals surface area contributed by atoms with Crippen LogP contribution in [0.3, 0.4) is 0 Å². The number of aromatic nitrogens is 4. The van der Waals surface area contributed by atoms with Crippen LogP contribution < -0.4 is 0 Å². The summed E-state index contributed by atoms with van der Waals surface area (Å²) >= 11 is 5.92. The summed E-state index contributed by atoms with van der Waals surface area (Å²) in [6, 6.07) is 1.80. The van der Waals surface area contributed by atoms with Gasteiger partial charge in [0.2, 0.25) is 5.28 Å². The molecular weight excluding hydrogens is 216 g/mol. The molecule has 2 aromatic rings. The SMILES string of the molecule is CCCc1nnc(Cl)n1Cc1ccno1. The van der Waals surface area contributed by atoms with Gasteiger partial charge in [-0.3, -0.25) is 4.57 Å². The maximum Gasteiger partial charge on any atom is 0.225 e. The van der Waals surface area contributed by atoms with Crippen LogP contribution in [0.25, 0.3) is 0 Å². The van der Waals surface area contributed by atoms with Crippen molar-refractivity contribution in [1.82, 2.24) is 19.9 Å². The average Bonchev–Trinajstić information content (AvgIpc) is 2.83. The lowest BCUT2D eigenvalue weighted by Crippen LogP contribution is -2.04. The molecule has 2 heterocycles. The monoisotopic (exact) mass is 226 g/mol. The van der Waals surface area contributed by atoms with E-state index in [9.17, 15) is 0 Å². The van der Waals surface area contributed by atoms with E-state index < -0.39 is 0 Å². The van der Waals surface area contributed by atoms with E-state index in [1.54, 1.807) is 12.3 Å². The zero-order chi connectivity index (χ0) is 10.7. The minimum atomic E-state index is 0.384. The van der Waals surface area contributed by atoms with Crippen LogP contribution in [0.2, 0.25) is 5.28 Å². The summed E-state index contributed by atoms with van der Waals surface area (Å²) in [5.74, 6) is 1.62. The molecule has 0 radical (unpaired) electrons. The Bertz CT molecular complexity index is 423. The molecule has 0 aliphatic carbocycles. The molecule has 0 saturated carbocycles. The molecule has 0 aliphatic heterocycles. The summed E-state index contributed by atoms with van der Waals surface area (Å²) in [5, 5.41) is 11.9. The van der Waals surface area contributed by atoms with Crippen LogP contribution in [-0.2, 0) is 13.0 Å². The third-order valence-electron chi connectivity index (χ3n) is 2.06. The lowest BCUT2D eigenvalue weighted by atomic mass is 10.3. The first kappa shape index (κ1) is 10.2. The molecule has 0 aromatic carbocycles. The van der Waals surface area contributed by atoms with Crippen molar-refractivity contribution in [2.24, 2.45) is 0 Å². The van der Waals surface area contributed by atoms with Crippen LogP contribution in [0.1, 0.15) is 24.9 Å². The molecule has 0 amide bonds. The second-order valence-corrected chi connectivity index (χ2v) is 3.54. The van der Waals surface area contributed by atoms with Crippen LogP contribution >= 0.6 is 11.6 Å². The minimum Gasteiger partial charge on any atom is -0.359 e. The third-order valence-corrected chi connectivity index (χ3v) is 2.34. The Morgan fingerprint density at radius 1 is 1.47 bits per heavy atom. The molecule has 80 valence electrons. The summed E-state index contributed by atoms with van der Waals surface area (Å²) in [7, 11) is 0. The second-order valence-electron chi connectivity index (χ2n) is 3.20. The van der Waals surface area contributed by atoms with Crippen LogP contribution in [-0.4, -0.2) is 19.9 Å². The Hall–Kier alpha value is -1.36. The van der Waals surface area contributed by atoms with Crippen molar-refractivity contribution in [3.8, 4) is 0 Å². The van der Waals surface area contributed by atoms with E-state index in [0.717, 1.165) is 24.4 Å². The van der Waals surface area contributed by atoms with Crippen molar-refractivity contribution in [2.75, 3.05) is 0 Å². The molecule has 6 heteroatoms. The first-order valence-corrected chi connectivity index (χ1v) is 5.16. The second kappa shape index (κ2) is 4.44. The van der Waals surface area contributed by atoms with Crippen LogP contribution in [0.5, 0.6) is 0 Å². The molecule has 0 saturated heterocycles. The van der Waals surface area contributed by atoms with Gasteiger partial charge < -0.3 is 4.52 Å². The number of nitrogens with zero attached hydrogens (tertiary/aromatic N) is 4. The molecular formula is C9H11ClN4O. The van der Waals surface area contributed by atoms with Gasteiger partial charge in [0.15, 0.2) is 5.76 Å². The molecule has 2 rings (SSSR count). The molecule has 0 N–H and O–H groups in total. The smallest absolute Gasteiger partial charge is 0.225 e. The Kier molecular flexibility index (Phi) is 3.01. The molecule has 0 aliphatic rings. The maximum atomic E-state index is 5.92. The van der Waals surface area contributed by atoms with Gasteiger partial charge in [-0.05, 0) is 18.0 Å². The Morgan fingerprint density at radius 3 is 3.00 bits per heavy atom. The van der Waals surface area contributed by atoms with Crippen molar-refractivity contribution >= 4 is 11.6 Å². The molecule has 5 nitrogen and oxygen atoms in total. The summed E-state index contributed by atoms with van der Waals surface area (Å²) in [5.41, 5.74) is 0. The Balaban J connectivity index is 2.22. The Morgan fingerprint density at radius 2 is 2.33 bits per heavy atom. The van der Waals surface area contributed by atoms with Crippen LogP contribution in [0.4, 0.5) is 0 Å². The molecule has 0 spiro atoms. The topological polar surface area (TPSA) is 56.7 Å². The number of halogens is 1. The van der Waals surface area contributed by atoms with Gasteiger partial charge in [-0.1, -0.05) is 12.1 Å². The van der Waals surface area contributed by atoms with Crippen molar-refractivity contribution < 1.29 is 4.52 Å². The van der Waals surface area contributed by atoms with Gasteiger partial charge in [-0.2, -0.15) is 0 Å². The van der Waals surface area contributed by atoms with Gasteiger partial charge in [0, 0.05) is 12.5 Å². The van der Waals surface area contributed by atoms with Crippen LogP contribution in [0, 0.1) is 0 Å². The summed E-state index contributed by atoms with van der Waals surface area (Å²) in [6.07, 6.45) is 3.46. The summed E-state index contributed by atoms with van der Waals surface area (Å²) in [4.78, 5) is 0. The fourth-order valence-corrected chi connectivity index (χ4v) is 1.55. The Labute approximate surface area is 92.0 Å². The highest BCUT2D eigenvalue weighted by atomic mass is 35.5. The van der Waals surface area contributed by atoms with Gasteiger partial charge in [-0.25, -0.2) is 0 Å². The predicted molar refractivity (Wildman–Crippen MR) is 54.6 cm³/mol.